The lowest BCUT2D eigenvalue weighted by Crippen LogP contribution is -1.79. The Morgan fingerprint density at radius 1 is 1.06 bits per heavy atom. The van der Waals surface area contributed by atoms with E-state index in [4.69, 9.17) is 11.6 Å². The first kappa shape index (κ1) is 12.5. The number of nitrogens with zero attached hydrogens (tertiary/aromatic N) is 2. The molecule has 90 valence electrons. The van der Waals surface area contributed by atoms with E-state index in [0.29, 0.717) is 22.6 Å². The van der Waals surface area contributed by atoms with Crippen molar-refractivity contribution in [2.24, 2.45) is 10.2 Å². The molecule has 0 fully saturated rings. The first-order chi connectivity index (χ1) is 8.69. The van der Waals surface area contributed by atoms with Crippen molar-refractivity contribution in [1.82, 2.24) is 0 Å². The van der Waals surface area contributed by atoms with Crippen molar-refractivity contribution in [2.45, 2.75) is 6.92 Å². The van der Waals surface area contributed by atoms with Crippen molar-refractivity contribution in [2.75, 3.05) is 0 Å². The van der Waals surface area contributed by atoms with Crippen LogP contribution in [0.15, 0.2) is 52.7 Å². The Labute approximate surface area is 110 Å². The smallest absolute Gasteiger partial charge is 0.151 e. The quantitative estimate of drug-likeness (QED) is 0.572. The lowest BCUT2D eigenvalue weighted by atomic mass is 10.2. The summed E-state index contributed by atoms with van der Waals surface area (Å²) in [5, 5.41) is 8.57. The van der Waals surface area contributed by atoms with Crippen molar-refractivity contribution < 1.29 is 4.79 Å². The molecule has 4 heteroatoms. The summed E-state index contributed by atoms with van der Waals surface area (Å²) in [5.41, 5.74) is 2.98. The van der Waals surface area contributed by atoms with Crippen LogP contribution in [0.5, 0.6) is 0 Å². The van der Waals surface area contributed by atoms with Crippen LogP contribution in [-0.4, -0.2) is 6.29 Å². The Balaban J connectivity index is 2.24. The van der Waals surface area contributed by atoms with Gasteiger partial charge >= 0.3 is 0 Å². The van der Waals surface area contributed by atoms with Crippen molar-refractivity contribution in [3.05, 3.63) is 58.6 Å². The number of aldehydes is 1. The van der Waals surface area contributed by atoms with Gasteiger partial charge in [-0.25, -0.2) is 0 Å². The van der Waals surface area contributed by atoms with E-state index in [-0.39, 0.29) is 0 Å². The van der Waals surface area contributed by atoms with Crippen LogP contribution in [0, 0.1) is 6.92 Å². The van der Waals surface area contributed by atoms with E-state index in [0.717, 1.165) is 11.3 Å². The fourth-order valence-electron chi connectivity index (χ4n) is 1.48. The molecule has 0 spiro atoms. The summed E-state index contributed by atoms with van der Waals surface area (Å²) in [4.78, 5) is 10.6. The Morgan fingerprint density at radius 2 is 1.78 bits per heavy atom. The number of benzene rings is 2. The summed E-state index contributed by atoms with van der Waals surface area (Å²) in [6.45, 7) is 1.99. The molecule has 0 aliphatic heterocycles. The molecule has 0 atom stereocenters. The molecule has 0 aromatic heterocycles. The topological polar surface area (TPSA) is 41.8 Å². The van der Waals surface area contributed by atoms with Crippen molar-refractivity contribution in [1.29, 1.82) is 0 Å². The molecular formula is C14H11ClN2O. The third kappa shape index (κ3) is 3.02. The Bertz CT molecular complexity index is 608. The van der Waals surface area contributed by atoms with E-state index in [1.54, 1.807) is 18.2 Å². The number of rotatable bonds is 3. The molecule has 0 heterocycles. The van der Waals surface area contributed by atoms with Crippen LogP contribution in [0.4, 0.5) is 11.4 Å². The molecule has 0 aliphatic rings. The van der Waals surface area contributed by atoms with Crippen LogP contribution in [-0.2, 0) is 0 Å². The number of carbonyl (C=O) groups is 1. The predicted molar refractivity (Wildman–Crippen MR) is 72.2 cm³/mol. The number of aryl methyl sites for hydroxylation is 1. The minimum Gasteiger partial charge on any atom is -0.298 e. The molecule has 0 amide bonds. The highest BCUT2D eigenvalue weighted by Gasteiger charge is 1.99. The molecule has 0 unspecified atom stereocenters. The van der Waals surface area contributed by atoms with Gasteiger partial charge in [-0.05, 0) is 42.8 Å². The Morgan fingerprint density at radius 3 is 2.39 bits per heavy atom. The number of halogens is 1. The summed E-state index contributed by atoms with van der Waals surface area (Å²) in [7, 11) is 0. The zero-order valence-corrected chi connectivity index (χ0v) is 10.6. The molecule has 0 saturated heterocycles. The lowest BCUT2D eigenvalue weighted by molar-refractivity contribution is 0.112. The zero-order chi connectivity index (χ0) is 13.0. The molecule has 0 saturated carbocycles. The lowest BCUT2D eigenvalue weighted by Gasteiger charge is -1.97. The van der Waals surface area contributed by atoms with Gasteiger partial charge in [0.25, 0.3) is 0 Å². The molecular weight excluding hydrogens is 248 g/mol. The van der Waals surface area contributed by atoms with Gasteiger partial charge in [-0.2, -0.15) is 10.2 Å². The van der Waals surface area contributed by atoms with Crippen molar-refractivity contribution in [3.8, 4) is 0 Å². The predicted octanol–water partition coefficient (Wildman–Crippen LogP) is 4.88. The van der Waals surface area contributed by atoms with Crippen LogP contribution in [0.25, 0.3) is 0 Å². The number of hydrogen-bond donors (Lipinski definition) is 0. The van der Waals surface area contributed by atoms with E-state index < -0.39 is 0 Å². The Hall–Kier alpha value is -2.00. The van der Waals surface area contributed by atoms with E-state index in [9.17, 15) is 4.79 Å². The first-order valence-electron chi connectivity index (χ1n) is 5.42. The van der Waals surface area contributed by atoms with E-state index in [1.165, 1.54) is 0 Å². The molecule has 18 heavy (non-hydrogen) atoms. The minimum absolute atomic E-state index is 0.380. The van der Waals surface area contributed by atoms with Gasteiger partial charge in [0.1, 0.15) is 0 Å². The molecule has 0 radical (unpaired) electrons. The third-order valence-electron chi connectivity index (χ3n) is 2.39. The summed E-state index contributed by atoms with van der Waals surface area (Å²) in [6.07, 6.45) is 0.712. The number of hydrogen-bond acceptors (Lipinski definition) is 3. The van der Waals surface area contributed by atoms with Gasteiger partial charge in [0.05, 0.1) is 16.4 Å². The van der Waals surface area contributed by atoms with Crippen LogP contribution in [0.3, 0.4) is 0 Å². The average Bonchev–Trinajstić information content (AvgIpc) is 2.37. The van der Waals surface area contributed by atoms with E-state index >= 15 is 0 Å². The molecule has 2 aromatic rings. The van der Waals surface area contributed by atoms with Crippen molar-refractivity contribution >= 4 is 29.3 Å². The number of azo groups is 1. The molecule has 0 bridgehead atoms. The van der Waals surface area contributed by atoms with Gasteiger partial charge in [-0.1, -0.05) is 23.7 Å². The van der Waals surface area contributed by atoms with Crippen molar-refractivity contribution in [3.63, 3.8) is 0 Å². The second kappa shape index (κ2) is 5.56. The van der Waals surface area contributed by atoms with Crippen LogP contribution in [0.1, 0.15) is 15.9 Å². The van der Waals surface area contributed by atoms with Gasteiger partial charge in [0.2, 0.25) is 0 Å². The SMILES string of the molecule is Cc1cccc(N=Nc2ccc(C=O)c(Cl)c2)c1. The second-order valence-electron chi connectivity index (χ2n) is 3.86. The molecule has 0 aliphatic carbocycles. The molecule has 2 rings (SSSR count). The van der Waals surface area contributed by atoms with Gasteiger partial charge < -0.3 is 0 Å². The van der Waals surface area contributed by atoms with E-state index in [2.05, 4.69) is 10.2 Å². The van der Waals surface area contributed by atoms with E-state index in [1.807, 2.05) is 31.2 Å². The maximum atomic E-state index is 10.6. The fraction of sp³-hybridized carbons (Fsp3) is 0.0714. The first-order valence-corrected chi connectivity index (χ1v) is 5.80. The molecule has 2 aromatic carbocycles. The standard InChI is InChI=1S/C14H11ClN2O/c1-10-3-2-4-12(7-10)16-17-13-6-5-11(9-18)14(15)8-13/h2-9H,1H3. The molecule has 3 nitrogen and oxygen atoms in total. The zero-order valence-electron chi connectivity index (χ0n) is 9.80. The van der Waals surface area contributed by atoms with Gasteiger partial charge in [0, 0.05) is 5.56 Å². The molecule has 0 N–H and O–H groups in total. The largest absolute Gasteiger partial charge is 0.298 e. The number of carbonyl (C=O) groups excluding carboxylic acids is 1. The monoisotopic (exact) mass is 258 g/mol. The maximum absolute atomic E-state index is 10.6. The van der Waals surface area contributed by atoms with Crippen LogP contribution >= 0.6 is 11.6 Å². The van der Waals surface area contributed by atoms with Crippen LogP contribution < -0.4 is 0 Å². The van der Waals surface area contributed by atoms with Gasteiger partial charge in [-0.15, -0.1) is 0 Å². The van der Waals surface area contributed by atoms with Crippen LogP contribution in [0.2, 0.25) is 5.02 Å². The highest BCUT2D eigenvalue weighted by Crippen LogP contribution is 2.24. The van der Waals surface area contributed by atoms with Gasteiger partial charge in [0.15, 0.2) is 6.29 Å². The minimum atomic E-state index is 0.380. The third-order valence-corrected chi connectivity index (χ3v) is 2.72. The summed E-state index contributed by atoms with van der Waals surface area (Å²) < 4.78 is 0. The average molecular weight is 259 g/mol. The Kier molecular flexibility index (Phi) is 3.85. The fourth-order valence-corrected chi connectivity index (χ4v) is 1.70. The summed E-state index contributed by atoms with van der Waals surface area (Å²) in [5.74, 6) is 0. The normalized spacial score (nSPS) is 10.8. The highest BCUT2D eigenvalue weighted by atomic mass is 35.5. The van der Waals surface area contributed by atoms with Gasteiger partial charge in [-0.3, -0.25) is 4.79 Å². The summed E-state index contributed by atoms with van der Waals surface area (Å²) in [6, 6.07) is 12.7. The highest BCUT2D eigenvalue weighted by molar-refractivity contribution is 6.33. The second-order valence-corrected chi connectivity index (χ2v) is 4.27. The maximum Gasteiger partial charge on any atom is 0.151 e. The summed E-state index contributed by atoms with van der Waals surface area (Å²) >= 11 is 5.90.